The van der Waals surface area contributed by atoms with Crippen molar-refractivity contribution < 1.29 is 17.0 Å². The van der Waals surface area contributed by atoms with E-state index in [-0.39, 0.29) is 12.2 Å². The lowest BCUT2D eigenvalue weighted by Crippen LogP contribution is -2.28. The molecule has 3 atom stereocenters. The maximum absolute atomic E-state index is 12.4. The first-order chi connectivity index (χ1) is 5.07. The van der Waals surface area contributed by atoms with Crippen molar-refractivity contribution in [2.24, 2.45) is 0 Å². The van der Waals surface area contributed by atoms with Crippen molar-refractivity contribution in [3.63, 3.8) is 0 Å². The van der Waals surface area contributed by atoms with Gasteiger partial charge in [0.2, 0.25) is 0 Å². The molecule has 0 aromatic carbocycles. The maximum atomic E-state index is 12.4. The van der Waals surface area contributed by atoms with Gasteiger partial charge in [0.25, 0.3) is 0 Å². The van der Waals surface area contributed by atoms with Crippen LogP contribution in [0, 0.1) is 0 Å². The third kappa shape index (κ3) is 1.16. The molecular weight excluding hydrogens is 171 g/mol. The summed E-state index contributed by atoms with van der Waals surface area (Å²) >= 11 is 0. The van der Waals surface area contributed by atoms with Crippen molar-refractivity contribution in [2.45, 2.75) is 36.7 Å². The standard InChI is InChI=1S/C6H9FO3S/c7-11(8,9)6-3-4-1-2-5(6)10-4/h4-6H,1-3H2/t4-,5+,6+/m0/s1. The summed E-state index contributed by atoms with van der Waals surface area (Å²) in [6.07, 6.45) is 1.56. The van der Waals surface area contributed by atoms with Gasteiger partial charge in [-0.1, -0.05) is 0 Å². The van der Waals surface area contributed by atoms with E-state index in [4.69, 9.17) is 4.74 Å². The summed E-state index contributed by atoms with van der Waals surface area (Å²) < 4.78 is 38.6. The van der Waals surface area contributed by atoms with E-state index in [0.717, 1.165) is 6.42 Å². The highest BCUT2D eigenvalue weighted by Crippen LogP contribution is 2.38. The summed E-state index contributed by atoms with van der Waals surface area (Å²) in [5.41, 5.74) is 0. The molecule has 2 saturated heterocycles. The van der Waals surface area contributed by atoms with E-state index >= 15 is 0 Å². The summed E-state index contributed by atoms with van der Waals surface area (Å²) in [5.74, 6) is 0. The highest BCUT2D eigenvalue weighted by atomic mass is 32.3. The van der Waals surface area contributed by atoms with Gasteiger partial charge in [0.05, 0.1) is 12.2 Å². The van der Waals surface area contributed by atoms with Crippen LogP contribution in [-0.4, -0.2) is 25.9 Å². The molecule has 0 aliphatic carbocycles. The quantitative estimate of drug-likeness (QED) is 0.555. The van der Waals surface area contributed by atoms with E-state index in [1.54, 1.807) is 0 Å². The first kappa shape index (κ1) is 7.49. The van der Waals surface area contributed by atoms with Gasteiger partial charge in [0.1, 0.15) is 5.25 Å². The summed E-state index contributed by atoms with van der Waals surface area (Å²) in [4.78, 5) is 0. The second-order valence-corrected chi connectivity index (χ2v) is 4.68. The molecule has 0 aromatic rings. The van der Waals surface area contributed by atoms with Crippen LogP contribution in [-0.2, 0) is 15.0 Å². The highest BCUT2D eigenvalue weighted by molar-refractivity contribution is 7.87. The van der Waals surface area contributed by atoms with Crippen LogP contribution < -0.4 is 0 Å². The lowest BCUT2D eigenvalue weighted by atomic mass is 10.0. The lowest BCUT2D eigenvalue weighted by Gasteiger charge is -2.12. The predicted octanol–water partition coefficient (Wildman–Crippen LogP) is 0.606. The third-order valence-electron chi connectivity index (χ3n) is 2.41. The highest BCUT2D eigenvalue weighted by Gasteiger charge is 2.47. The SMILES string of the molecule is O=S(=O)(F)[C@@H]1C[C@@H]2CC[C@H]1O2. The Labute approximate surface area is 64.8 Å². The Hall–Kier alpha value is -0.160. The Morgan fingerprint density at radius 2 is 2.09 bits per heavy atom. The van der Waals surface area contributed by atoms with Crippen LogP contribution in [0.5, 0.6) is 0 Å². The maximum Gasteiger partial charge on any atom is 0.307 e. The molecule has 0 aromatic heterocycles. The van der Waals surface area contributed by atoms with Gasteiger partial charge in [0, 0.05) is 0 Å². The minimum Gasteiger partial charge on any atom is -0.373 e. The molecule has 2 fully saturated rings. The van der Waals surface area contributed by atoms with Crippen molar-refractivity contribution in [3.05, 3.63) is 0 Å². The number of rotatable bonds is 1. The fourth-order valence-corrected chi connectivity index (χ4v) is 2.89. The van der Waals surface area contributed by atoms with E-state index in [1.165, 1.54) is 0 Å². The second-order valence-electron chi connectivity index (χ2n) is 3.12. The monoisotopic (exact) mass is 180 g/mol. The number of fused-ring (bicyclic) bond motifs is 2. The van der Waals surface area contributed by atoms with Crippen molar-refractivity contribution in [2.75, 3.05) is 0 Å². The smallest absolute Gasteiger partial charge is 0.307 e. The van der Waals surface area contributed by atoms with Gasteiger partial charge in [-0.15, -0.1) is 3.89 Å². The Morgan fingerprint density at radius 1 is 1.36 bits per heavy atom. The predicted molar refractivity (Wildman–Crippen MR) is 36.3 cm³/mol. The normalized spacial score (nSPS) is 43.2. The molecule has 0 amide bonds. The van der Waals surface area contributed by atoms with Gasteiger partial charge in [-0.05, 0) is 19.3 Å². The molecule has 2 aliphatic rings. The summed E-state index contributed by atoms with van der Waals surface area (Å²) in [5, 5.41) is -0.874. The molecule has 2 heterocycles. The molecule has 2 rings (SSSR count). The molecule has 0 N–H and O–H groups in total. The van der Waals surface area contributed by atoms with Crippen molar-refractivity contribution in [1.29, 1.82) is 0 Å². The molecule has 2 aliphatic heterocycles. The minimum atomic E-state index is -4.36. The zero-order chi connectivity index (χ0) is 8.06. The van der Waals surface area contributed by atoms with E-state index in [1.807, 2.05) is 0 Å². The first-order valence-corrected chi connectivity index (χ1v) is 5.11. The lowest BCUT2D eigenvalue weighted by molar-refractivity contribution is 0.105. The molecule has 11 heavy (non-hydrogen) atoms. The third-order valence-corrected chi connectivity index (χ3v) is 3.63. The van der Waals surface area contributed by atoms with Crippen LogP contribution in [0.25, 0.3) is 0 Å². The molecule has 0 radical (unpaired) electrons. The minimum absolute atomic E-state index is 0.00414. The average Bonchev–Trinajstić information content (AvgIpc) is 2.42. The van der Waals surface area contributed by atoms with Crippen molar-refractivity contribution in [3.8, 4) is 0 Å². The van der Waals surface area contributed by atoms with Gasteiger partial charge < -0.3 is 4.74 Å². The fraction of sp³-hybridized carbons (Fsp3) is 1.00. The topological polar surface area (TPSA) is 43.4 Å². The van der Waals surface area contributed by atoms with E-state index < -0.39 is 15.5 Å². The molecule has 3 nitrogen and oxygen atoms in total. The van der Waals surface area contributed by atoms with Crippen LogP contribution in [0.2, 0.25) is 0 Å². The Kier molecular flexibility index (Phi) is 1.47. The molecule has 0 spiro atoms. The first-order valence-electron chi connectivity index (χ1n) is 3.66. The van der Waals surface area contributed by atoms with Gasteiger partial charge in [-0.2, -0.15) is 8.42 Å². The van der Waals surface area contributed by atoms with Gasteiger partial charge in [0.15, 0.2) is 0 Å². The van der Waals surface area contributed by atoms with Crippen molar-refractivity contribution in [1.82, 2.24) is 0 Å². The molecule has 2 bridgehead atoms. The molecule has 5 heteroatoms. The Bertz CT molecular complexity index is 261. The number of hydrogen-bond acceptors (Lipinski definition) is 3. The Morgan fingerprint density at radius 3 is 2.36 bits per heavy atom. The number of ether oxygens (including phenoxy) is 1. The zero-order valence-corrected chi connectivity index (χ0v) is 6.68. The molecule has 0 saturated carbocycles. The van der Waals surface area contributed by atoms with Gasteiger partial charge in [-0.25, -0.2) is 0 Å². The van der Waals surface area contributed by atoms with Crippen LogP contribution in [0.4, 0.5) is 3.89 Å². The Balaban J connectivity index is 2.21. The van der Waals surface area contributed by atoms with Gasteiger partial charge >= 0.3 is 10.2 Å². The second kappa shape index (κ2) is 2.17. The average molecular weight is 180 g/mol. The van der Waals surface area contributed by atoms with Crippen LogP contribution in [0.3, 0.4) is 0 Å². The van der Waals surface area contributed by atoms with Crippen molar-refractivity contribution >= 4 is 10.2 Å². The van der Waals surface area contributed by atoms with E-state index in [9.17, 15) is 12.3 Å². The number of halogens is 1. The van der Waals surface area contributed by atoms with Gasteiger partial charge in [-0.3, -0.25) is 0 Å². The fourth-order valence-electron chi connectivity index (χ4n) is 1.89. The summed E-state index contributed by atoms with van der Waals surface area (Å²) in [6, 6.07) is 0. The van der Waals surface area contributed by atoms with E-state index in [0.29, 0.717) is 12.8 Å². The number of hydrogen-bond donors (Lipinski definition) is 0. The van der Waals surface area contributed by atoms with E-state index in [2.05, 4.69) is 0 Å². The van der Waals surface area contributed by atoms with Crippen LogP contribution in [0.1, 0.15) is 19.3 Å². The zero-order valence-electron chi connectivity index (χ0n) is 5.86. The summed E-state index contributed by atoms with van der Waals surface area (Å²) in [6.45, 7) is 0. The summed E-state index contributed by atoms with van der Waals surface area (Å²) in [7, 11) is -4.36. The van der Waals surface area contributed by atoms with Crippen LogP contribution in [0.15, 0.2) is 0 Å². The largest absolute Gasteiger partial charge is 0.373 e. The molecule has 0 unspecified atom stereocenters. The van der Waals surface area contributed by atoms with Crippen LogP contribution >= 0.6 is 0 Å². The molecule has 64 valence electrons. The molecular formula is C6H9FO3S.